The second-order valence-electron chi connectivity index (χ2n) is 5.52. The molecular weight excluding hydrogens is 384 g/mol. The van der Waals surface area contributed by atoms with Gasteiger partial charge in [-0.1, -0.05) is 19.9 Å². The van der Waals surface area contributed by atoms with Crippen molar-refractivity contribution in [3.05, 3.63) is 46.7 Å². The zero-order valence-electron chi connectivity index (χ0n) is 15.6. The van der Waals surface area contributed by atoms with Crippen molar-refractivity contribution >= 4 is 39.0 Å². The van der Waals surface area contributed by atoms with E-state index < -0.39 is 10.0 Å². The molecule has 8 heteroatoms. The lowest BCUT2D eigenvalue weighted by Crippen LogP contribution is -2.30. The smallest absolute Gasteiger partial charge is 0.248 e. The van der Waals surface area contributed by atoms with Crippen LogP contribution in [0.1, 0.15) is 25.6 Å². The summed E-state index contributed by atoms with van der Waals surface area (Å²) in [5.41, 5.74) is 0.325. The van der Waals surface area contributed by atoms with Crippen LogP contribution in [0.3, 0.4) is 0 Å². The third-order valence-corrected chi connectivity index (χ3v) is 6.68. The number of hydrogen-bond acceptors (Lipinski definition) is 5. The number of sulfonamides is 1. The highest BCUT2D eigenvalue weighted by Gasteiger charge is 2.23. The highest BCUT2D eigenvalue weighted by molar-refractivity contribution is 7.89. The van der Waals surface area contributed by atoms with Crippen molar-refractivity contribution in [2.45, 2.75) is 25.7 Å². The zero-order chi connectivity index (χ0) is 19.9. The van der Waals surface area contributed by atoms with Gasteiger partial charge in [0.25, 0.3) is 0 Å². The van der Waals surface area contributed by atoms with E-state index in [0.717, 1.165) is 4.88 Å². The number of thiophene rings is 1. The van der Waals surface area contributed by atoms with Crippen molar-refractivity contribution in [3.8, 4) is 5.75 Å². The summed E-state index contributed by atoms with van der Waals surface area (Å²) in [5, 5.41) is 4.64. The van der Waals surface area contributed by atoms with Gasteiger partial charge in [-0.2, -0.15) is 4.31 Å². The maximum Gasteiger partial charge on any atom is 0.248 e. The molecule has 0 unspecified atom stereocenters. The molecule has 1 heterocycles. The second-order valence-corrected chi connectivity index (χ2v) is 8.44. The molecule has 2 rings (SSSR count). The number of hydrogen-bond donors (Lipinski definition) is 1. The number of carbonyl (C=O) groups excluding carboxylic acids is 1. The molecule has 27 heavy (non-hydrogen) atoms. The van der Waals surface area contributed by atoms with E-state index in [1.807, 2.05) is 24.4 Å². The molecule has 0 aliphatic rings. The fraction of sp³-hybridized carbons (Fsp3) is 0.316. The minimum atomic E-state index is -3.63. The maximum atomic E-state index is 12.7. The summed E-state index contributed by atoms with van der Waals surface area (Å²) >= 11 is 1.52. The van der Waals surface area contributed by atoms with Crippen LogP contribution in [-0.2, 0) is 14.8 Å². The summed E-state index contributed by atoms with van der Waals surface area (Å²) in [4.78, 5) is 13.3. The number of nitrogens with zero attached hydrogens (tertiary/aromatic N) is 1. The van der Waals surface area contributed by atoms with E-state index in [1.165, 1.54) is 33.9 Å². The van der Waals surface area contributed by atoms with Gasteiger partial charge in [0.15, 0.2) is 0 Å². The first-order valence-electron chi connectivity index (χ1n) is 8.71. The number of benzene rings is 1. The average Bonchev–Trinajstić information content (AvgIpc) is 3.16. The van der Waals surface area contributed by atoms with Crippen LogP contribution in [0, 0.1) is 0 Å². The van der Waals surface area contributed by atoms with Crippen LogP contribution in [0.25, 0.3) is 6.08 Å². The Hall–Kier alpha value is -2.16. The van der Waals surface area contributed by atoms with Gasteiger partial charge < -0.3 is 10.1 Å². The SMILES string of the molecule is CCOc1ccc(S(=O)(=O)N(CC)CC)cc1NC(=O)C=Cc1cccs1. The van der Waals surface area contributed by atoms with E-state index in [1.54, 1.807) is 26.0 Å². The molecule has 0 aliphatic heterocycles. The van der Waals surface area contributed by atoms with E-state index in [0.29, 0.717) is 31.1 Å². The Morgan fingerprint density at radius 3 is 2.56 bits per heavy atom. The van der Waals surface area contributed by atoms with Gasteiger partial charge in [0.05, 0.1) is 17.2 Å². The van der Waals surface area contributed by atoms with E-state index in [4.69, 9.17) is 4.74 Å². The summed E-state index contributed by atoms with van der Waals surface area (Å²) in [5.74, 6) is 0.0654. The first-order chi connectivity index (χ1) is 12.9. The number of ether oxygens (including phenoxy) is 1. The van der Waals surface area contributed by atoms with Crippen LogP contribution in [-0.4, -0.2) is 38.3 Å². The predicted molar refractivity (Wildman–Crippen MR) is 110 cm³/mol. The maximum absolute atomic E-state index is 12.7. The molecule has 0 bridgehead atoms. The van der Waals surface area contributed by atoms with E-state index in [2.05, 4.69) is 5.32 Å². The highest BCUT2D eigenvalue weighted by Crippen LogP contribution is 2.29. The minimum absolute atomic E-state index is 0.118. The lowest BCUT2D eigenvalue weighted by molar-refractivity contribution is -0.111. The van der Waals surface area contributed by atoms with Gasteiger partial charge in [-0.05, 0) is 42.6 Å². The fourth-order valence-electron chi connectivity index (χ4n) is 2.48. The fourth-order valence-corrected chi connectivity index (χ4v) is 4.58. The number of amides is 1. The lowest BCUT2D eigenvalue weighted by atomic mass is 10.3. The third kappa shape index (κ3) is 5.41. The summed E-state index contributed by atoms with van der Waals surface area (Å²) in [6.45, 7) is 6.54. The molecule has 1 amide bonds. The Morgan fingerprint density at radius 2 is 1.96 bits per heavy atom. The first-order valence-corrected chi connectivity index (χ1v) is 11.0. The Bertz CT molecular complexity index is 886. The first kappa shape index (κ1) is 21.1. The van der Waals surface area contributed by atoms with Gasteiger partial charge in [-0.3, -0.25) is 4.79 Å². The van der Waals surface area contributed by atoms with Crippen molar-refractivity contribution in [1.82, 2.24) is 4.31 Å². The van der Waals surface area contributed by atoms with Crippen molar-refractivity contribution in [2.75, 3.05) is 25.0 Å². The molecule has 0 aliphatic carbocycles. The molecule has 0 saturated heterocycles. The largest absolute Gasteiger partial charge is 0.492 e. The van der Waals surface area contributed by atoms with Crippen molar-refractivity contribution in [2.24, 2.45) is 0 Å². The summed E-state index contributed by atoms with van der Waals surface area (Å²) in [6.07, 6.45) is 3.12. The Kier molecular flexibility index (Phi) is 7.58. The van der Waals surface area contributed by atoms with Crippen LogP contribution >= 0.6 is 11.3 Å². The van der Waals surface area contributed by atoms with Gasteiger partial charge in [0.2, 0.25) is 15.9 Å². The molecular formula is C19H24N2O4S2. The van der Waals surface area contributed by atoms with Crippen molar-refractivity contribution < 1.29 is 17.9 Å². The Morgan fingerprint density at radius 1 is 1.22 bits per heavy atom. The van der Waals surface area contributed by atoms with Gasteiger partial charge in [-0.25, -0.2) is 8.42 Å². The molecule has 2 aromatic rings. The summed E-state index contributed by atoms with van der Waals surface area (Å²) in [7, 11) is -3.63. The molecule has 0 atom stereocenters. The number of nitrogens with one attached hydrogen (secondary N) is 1. The van der Waals surface area contributed by atoms with Crippen LogP contribution < -0.4 is 10.1 Å². The summed E-state index contributed by atoms with van der Waals surface area (Å²) in [6, 6.07) is 8.30. The monoisotopic (exact) mass is 408 g/mol. The quantitative estimate of drug-likeness (QED) is 0.640. The molecule has 1 aromatic heterocycles. The van der Waals surface area contributed by atoms with Crippen molar-refractivity contribution in [1.29, 1.82) is 0 Å². The Balaban J connectivity index is 2.31. The van der Waals surface area contributed by atoms with E-state index in [9.17, 15) is 13.2 Å². The lowest BCUT2D eigenvalue weighted by Gasteiger charge is -2.19. The molecule has 6 nitrogen and oxygen atoms in total. The molecule has 1 aromatic carbocycles. The second kappa shape index (κ2) is 9.68. The molecule has 1 N–H and O–H groups in total. The highest BCUT2D eigenvalue weighted by atomic mass is 32.2. The van der Waals surface area contributed by atoms with Gasteiger partial charge >= 0.3 is 0 Å². The normalized spacial score (nSPS) is 11.9. The Labute approximate surface area is 164 Å². The molecule has 146 valence electrons. The van der Waals surface area contributed by atoms with Crippen LogP contribution in [0.15, 0.2) is 46.7 Å². The van der Waals surface area contributed by atoms with Gasteiger partial charge in [0, 0.05) is 24.0 Å². The topological polar surface area (TPSA) is 75.7 Å². The van der Waals surface area contributed by atoms with Crippen molar-refractivity contribution in [3.63, 3.8) is 0 Å². The number of carbonyl (C=O) groups is 1. The van der Waals surface area contributed by atoms with E-state index in [-0.39, 0.29) is 10.8 Å². The molecule has 0 radical (unpaired) electrons. The van der Waals surface area contributed by atoms with Gasteiger partial charge in [0.1, 0.15) is 5.75 Å². The number of rotatable bonds is 9. The van der Waals surface area contributed by atoms with Crippen LogP contribution in [0.2, 0.25) is 0 Å². The molecule has 0 fully saturated rings. The molecule has 0 saturated carbocycles. The van der Waals surface area contributed by atoms with E-state index >= 15 is 0 Å². The zero-order valence-corrected chi connectivity index (χ0v) is 17.3. The van der Waals surface area contributed by atoms with Crippen LogP contribution in [0.4, 0.5) is 5.69 Å². The minimum Gasteiger partial charge on any atom is -0.492 e. The van der Waals surface area contributed by atoms with Gasteiger partial charge in [-0.15, -0.1) is 11.3 Å². The summed E-state index contributed by atoms with van der Waals surface area (Å²) < 4.78 is 32.4. The van der Waals surface area contributed by atoms with Crippen LogP contribution in [0.5, 0.6) is 5.75 Å². The third-order valence-electron chi connectivity index (χ3n) is 3.79. The predicted octanol–water partition coefficient (Wildman–Crippen LogP) is 3.83. The molecule has 0 spiro atoms. The average molecular weight is 409 g/mol. The number of anilines is 1. The standard InChI is InChI=1S/C19H24N2O4S2/c1-4-21(5-2)27(23,24)16-10-11-18(25-6-3)17(14-16)20-19(22)12-9-15-8-7-13-26-15/h7-14H,4-6H2,1-3H3,(H,20,22).